The molecule has 1 heterocycles. The molecule has 1 fully saturated rings. The van der Waals surface area contributed by atoms with E-state index in [1.54, 1.807) is 0 Å². The summed E-state index contributed by atoms with van der Waals surface area (Å²) in [6.45, 7) is 2.23. The van der Waals surface area contributed by atoms with Gasteiger partial charge in [0.1, 0.15) is 12.2 Å². The van der Waals surface area contributed by atoms with Crippen LogP contribution in [0.4, 0.5) is 0 Å². The summed E-state index contributed by atoms with van der Waals surface area (Å²) in [6.07, 6.45) is 11.3. The Hall–Kier alpha value is -0.560. The molecule has 0 aromatic heterocycles. The number of ether oxygens (including phenoxy) is 1. The first-order valence-electron chi connectivity index (χ1n) is 4.44. The second kappa shape index (κ2) is 2.82. The third-order valence-corrected chi connectivity index (χ3v) is 2.26. The molecule has 1 heteroatoms. The zero-order chi connectivity index (χ0) is 7.68. The molecule has 1 aliphatic heterocycles. The van der Waals surface area contributed by atoms with Gasteiger partial charge in [0, 0.05) is 0 Å². The number of hydrogen-bond acceptors (Lipinski definition) is 1. The Morgan fingerprint density at radius 1 is 1.45 bits per heavy atom. The first-order valence-corrected chi connectivity index (χ1v) is 4.44. The Bertz CT molecular complexity index is 203. The van der Waals surface area contributed by atoms with Crippen molar-refractivity contribution in [2.75, 3.05) is 0 Å². The van der Waals surface area contributed by atoms with Gasteiger partial charge in [0.25, 0.3) is 0 Å². The Morgan fingerprint density at radius 2 is 2.36 bits per heavy atom. The molecule has 0 radical (unpaired) electrons. The molecule has 60 valence electrons. The maximum absolute atomic E-state index is 5.32. The predicted octanol–water partition coefficient (Wildman–Crippen LogP) is 2.44. The minimum absolute atomic E-state index is 0.431. The molecule has 2 rings (SSSR count). The molecule has 0 amide bonds. The second-order valence-corrected chi connectivity index (χ2v) is 3.27. The zero-order valence-corrected chi connectivity index (χ0v) is 6.92. The molecule has 0 saturated carbocycles. The molecule has 2 aliphatic rings. The number of allylic oxidation sites excluding steroid dienone is 2. The average Bonchev–Trinajstić information content (AvgIpc) is 2.78. The SMILES string of the molecule is CCCCC1=CC2OC2C=C1. The van der Waals surface area contributed by atoms with Gasteiger partial charge in [-0.1, -0.05) is 25.5 Å². The molecule has 0 bridgehead atoms. The minimum atomic E-state index is 0.431. The van der Waals surface area contributed by atoms with Crippen molar-refractivity contribution in [2.24, 2.45) is 0 Å². The fourth-order valence-electron chi connectivity index (χ4n) is 1.46. The zero-order valence-electron chi connectivity index (χ0n) is 6.92. The molecule has 0 aromatic carbocycles. The molecule has 2 atom stereocenters. The van der Waals surface area contributed by atoms with Gasteiger partial charge in [-0.3, -0.25) is 0 Å². The van der Waals surface area contributed by atoms with E-state index in [1.807, 2.05) is 0 Å². The maximum Gasteiger partial charge on any atom is 0.107 e. The molecule has 2 unspecified atom stereocenters. The van der Waals surface area contributed by atoms with Gasteiger partial charge in [0.05, 0.1) is 0 Å². The number of hydrogen-bond donors (Lipinski definition) is 0. The van der Waals surface area contributed by atoms with Crippen molar-refractivity contribution < 1.29 is 4.74 Å². The van der Waals surface area contributed by atoms with Crippen LogP contribution in [0.1, 0.15) is 26.2 Å². The van der Waals surface area contributed by atoms with Crippen molar-refractivity contribution in [3.63, 3.8) is 0 Å². The van der Waals surface area contributed by atoms with Crippen molar-refractivity contribution in [1.82, 2.24) is 0 Å². The fraction of sp³-hybridized carbons (Fsp3) is 0.600. The third-order valence-electron chi connectivity index (χ3n) is 2.26. The van der Waals surface area contributed by atoms with Crippen LogP contribution in [0.2, 0.25) is 0 Å². The van der Waals surface area contributed by atoms with Gasteiger partial charge in [-0.25, -0.2) is 0 Å². The van der Waals surface area contributed by atoms with E-state index in [-0.39, 0.29) is 0 Å². The summed E-state index contributed by atoms with van der Waals surface area (Å²) in [7, 11) is 0. The molecule has 1 saturated heterocycles. The predicted molar refractivity (Wildman–Crippen MR) is 45.4 cm³/mol. The van der Waals surface area contributed by atoms with Crippen LogP contribution >= 0.6 is 0 Å². The average molecular weight is 150 g/mol. The van der Waals surface area contributed by atoms with Crippen molar-refractivity contribution in [3.8, 4) is 0 Å². The third kappa shape index (κ3) is 1.54. The standard InChI is InChI=1S/C10H14O/c1-2-3-4-8-5-6-9-10(7-8)11-9/h5-7,9-10H,2-4H2,1H3. The molecule has 0 N–H and O–H groups in total. The molecule has 1 aliphatic carbocycles. The Morgan fingerprint density at radius 3 is 3.09 bits per heavy atom. The topological polar surface area (TPSA) is 12.5 Å². The van der Waals surface area contributed by atoms with E-state index in [4.69, 9.17) is 4.74 Å². The monoisotopic (exact) mass is 150 g/mol. The van der Waals surface area contributed by atoms with E-state index in [1.165, 1.54) is 24.8 Å². The van der Waals surface area contributed by atoms with Crippen molar-refractivity contribution >= 4 is 0 Å². The molecule has 0 spiro atoms. The highest BCUT2D eigenvalue weighted by molar-refractivity contribution is 5.31. The van der Waals surface area contributed by atoms with Gasteiger partial charge in [0.2, 0.25) is 0 Å². The lowest BCUT2D eigenvalue weighted by molar-refractivity contribution is 0.414. The van der Waals surface area contributed by atoms with Crippen molar-refractivity contribution in [3.05, 3.63) is 23.8 Å². The molecular weight excluding hydrogens is 136 g/mol. The summed E-state index contributed by atoms with van der Waals surface area (Å²) < 4.78 is 5.32. The highest BCUT2D eigenvalue weighted by Crippen LogP contribution is 2.31. The lowest BCUT2D eigenvalue weighted by Crippen LogP contribution is -1.94. The Labute approximate surface area is 67.7 Å². The van der Waals surface area contributed by atoms with Crippen LogP contribution in [-0.2, 0) is 4.74 Å². The lowest BCUT2D eigenvalue weighted by Gasteiger charge is -2.01. The summed E-state index contributed by atoms with van der Waals surface area (Å²) in [5.74, 6) is 0. The van der Waals surface area contributed by atoms with Crippen LogP contribution in [-0.4, -0.2) is 12.2 Å². The quantitative estimate of drug-likeness (QED) is 0.563. The minimum Gasteiger partial charge on any atom is -0.361 e. The lowest BCUT2D eigenvalue weighted by atomic mass is 10.0. The van der Waals surface area contributed by atoms with E-state index in [2.05, 4.69) is 25.2 Å². The summed E-state index contributed by atoms with van der Waals surface area (Å²) in [5.41, 5.74) is 1.46. The van der Waals surface area contributed by atoms with Crippen LogP contribution in [0, 0.1) is 0 Å². The second-order valence-electron chi connectivity index (χ2n) is 3.27. The first kappa shape index (κ1) is 7.11. The van der Waals surface area contributed by atoms with Crippen molar-refractivity contribution in [2.45, 2.75) is 38.4 Å². The van der Waals surface area contributed by atoms with Crippen LogP contribution in [0.5, 0.6) is 0 Å². The Kier molecular flexibility index (Phi) is 1.82. The van der Waals surface area contributed by atoms with Gasteiger partial charge >= 0.3 is 0 Å². The number of unbranched alkanes of at least 4 members (excludes halogenated alkanes) is 1. The summed E-state index contributed by atoms with van der Waals surface area (Å²) in [5, 5.41) is 0. The number of epoxide rings is 1. The van der Waals surface area contributed by atoms with Gasteiger partial charge < -0.3 is 4.74 Å². The van der Waals surface area contributed by atoms with E-state index >= 15 is 0 Å². The van der Waals surface area contributed by atoms with Crippen LogP contribution in [0.3, 0.4) is 0 Å². The number of rotatable bonds is 3. The highest BCUT2D eigenvalue weighted by Gasteiger charge is 2.36. The Balaban J connectivity index is 1.88. The van der Waals surface area contributed by atoms with Crippen LogP contribution < -0.4 is 0 Å². The van der Waals surface area contributed by atoms with Crippen molar-refractivity contribution in [1.29, 1.82) is 0 Å². The van der Waals surface area contributed by atoms with Crippen LogP contribution in [0.15, 0.2) is 23.8 Å². The van der Waals surface area contributed by atoms with Gasteiger partial charge in [-0.2, -0.15) is 0 Å². The van der Waals surface area contributed by atoms with E-state index in [0.717, 1.165) is 0 Å². The van der Waals surface area contributed by atoms with E-state index in [9.17, 15) is 0 Å². The van der Waals surface area contributed by atoms with E-state index in [0.29, 0.717) is 12.2 Å². The maximum atomic E-state index is 5.32. The summed E-state index contributed by atoms with van der Waals surface area (Å²) >= 11 is 0. The smallest absolute Gasteiger partial charge is 0.107 e. The van der Waals surface area contributed by atoms with Gasteiger partial charge in [-0.05, 0) is 24.5 Å². The molecule has 0 aromatic rings. The highest BCUT2D eigenvalue weighted by atomic mass is 16.6. The normalized spacial score (nSPS) is 33.0. The molecule has 1 nitrogen and oxygen atoms in total. The van der Waals surface area contributed by atoms with E-state index < -0.39 is 0 Å². The van der Waals surface area contributed by atoms with Gasteiger partial charge in [0.15, 0.2) is 0 Å². The molecular formula is C10H14O. The number of fused-ring (bicyclic) bond motifs is 1. The van der Waals surface area contributed by atoms with Gasteiger partial charge in [-0.15, -0.1) is 0 Å². The molecule has 11 heavy (non-hydrogen) atoms. The first-order chi connectivity index (χ1) is 5.40. The van der Waals surface area contributed by atoms with Crippen LogP contribution in [0.25, 0.3) is 0 Å². The summed E-state index contributed by atoms with van der Waals surface area (Å²) in [4.78, 5) is 0. The summed E-state index contributed by atoms with van der Waals surface area (Å²) in [6, 6.07) is 0. The fourth-order valence-corrected chi connectivity index (χ4v) is 1.46. The largest absolute Gasteiger partial charge is 0.361 e.